The van der Waals surface area contributed by atoms with Crippen molar-refractivity contribution in [3.8, 4) is 17.2 Å². The van der Waals surface area contributed by atoms with Gasteiger partial charge in [-0.15, -0.1) is 0 Å². The third-order valence-corrected chi connectivity index (χ3v) is 5.31. The van der Waals surface area contributed by atoms with E-state index in [9.17, 15) is 9.90 Å². The number of phenols is 1. The van der Waals surface area contributed by atoms with Crippen LogP contribution in [0.3, 0.4) is 0 Å². The molecule has 1 saturated heterocycles. The summed E-state index contributed by atoms with van der Waals surface area (Å²) in [4.78, 5) is 14.8. The molecule has 2 N–H and O–H groups in total. The van der Waals surface area contributed by atoms with Gasteiger partial charge in [0.2, 0.25) is 0 Å². The summed E-state index contributed by atoms with van der Waals surface area (Å²) in [5.74, 6) is 0.972. The number of hydrogen-bond acceptors (Lipinski definition) is 6. The van der Waals surface area contributed by atoms with Crippen molar-refractivity contribution in [3.05, 3.63) is 53.1 Å². The Hall–Kier alpha value is -3.06. The molecule has 7 heteroatoms. The Morgan fingerprint density at radius 3 is 2.43 bits per heavy atom. The smallest absolute Gasteiger partial charge is 0.271 e. The summed E-state index contributed by atoms with van der Waals surface area (Å²) < 4.78 is 10.4. The Bertz CT molecular complexity index is 921. The van der Waals surface area contributed by atoms with E-state index in [1.807, 2.05) is 13.0 Å². The second-order valence-corrected chi connectivity index (χ2v) is 7.39. The van der Waals surface area contributed by atoms with E-state index in [2.05, 4.69) is 15.4 Å². The van der Waals surface area contributed by atoms with Gasteiger partial charge in [0.15, 0.2) is 11.5 Å². The minimum Gasteiger partial charge on any atom is -0.508 e. The van der Waals surface area contributed by atoms with Crippen molar-refractivity contribution in [2.24, 2.45) is 5.10 Å². The van der Waals surface area contributed by atoms with Gasteiger partial charge in [-0.1, -0.05) is 6.42 Å². The van der Waals surface area contributed by atoms with Crippen LogP contribution in [-0.4, -0.2) is 48.9 Å². The number of likely N-dealkylation sites (tertiary alicyclic amines) is 1. The van der Waals surface area contributed by atoms with E-state index < -0.39 is 0 Å². The third kappa shape index (κ3) is 5.30. The van der Waals surface area contributed by atoms with Crippen molar-refractivity contribution in [1.82, 2.24) is 10.3 Å². The van der Waals surface area contributed by atoms with E-state index in [0.29, 0.717) is 29.3 Å². The molecule has 1 amide bonds. The number of carbonyl (C=O) groups excluding carboxylic acids is 1. The molecule has 0 radical (unpaired) electrons. The zero-order valence-corrected chi connectivity index (χ0v) is 17.8. The van der Waals surface area contributed by atoms with Gasteiger partial charge in [0.05, 0.1) is 19.9 Å². The third-order valence-electron chi connectivity index (χ3n) is 5.31. The van der Waals surface area contributed by atoms with E-state index in [1.165, 1.54) is 26.4 Å². The summed E-state index contributed by atoms with van der Waals surface area (Å²) in [5, 5.41) is 14.5. The molecule has 0 aromatic heterocycles. The summed E-state index contributed by atoms with van der Waals surface area (Å²) in [6, 6.07) is 10.4. The average Bonchev–Trinajstić information content (AvgIpc) is 2.78. The molecule has 30 heavy (non-hydrogen) atoms. The molecule has 0 aliphatic carbocycles. The molecular weight excluding hydrogens is 382 g/mol. The highest BCUT2D eigenvalue weighted by Gasteiger charge is 2.14. The van der Waals surface area contributed by atoms with Crippen LogP contribution in [0.4, 0.5) is 0 Å². The number of methoxy groups -OCH3 is 2. The molecule has 160 valence electrons. The highest BCUT2D eigenvalue weighted by Crippen LogP contribution is 2.27. The number of aromatic hydroxyl groups is 1. The predicted molar refractivity (Wildman–Crippen MR) is 116 cm³/mol. The lowest BCUT2D eigenvalue weighted by atomic mass is 10.0. The number of amides is 1. The van der Waals surface area contributed by atoms with Gasteiger partial charge in [-0.25, -0.2) is 5.43 Å². The molecule has 1 aliphatic rings. The highest BCUT2D eigenvalue weighted by molar-refractivity contribution is 6.01. The van der Waals surface area contributed by atoms with Crippen molar-refractivity contribution in [3.63, 3.8) is 0 Å². The number of carbonyl (C=O) groups is 1. The maximum absolute atomic E-state index is 12.5. The number of benzene rings is 2. The van der Waals surface area contributed by atoms with Gasteiger partial charge < -0.3 is 14.6 Å². The number of ether oxygens (including phenoxy) is 2. The first-order chi connectivity index (χ1) is 14.5. The fourth-order valence-corrected chi connectivity index (χ4v) is 3.54. The van der Waals surface area contributed by atoms with Crippen LogP contribution in [0.5, 0.6) is 17.2 Å². The van der Waals surface area contributed by atoms with Crippen molar-refractivity contribution in [2.75, 3.05) is 27.3 Å². The minimum absolute atomic E-state index is 0.284. The normalized spacial score (nSPS) is 15.0. The maximum atomic E-state index is 12.5. The molecule has 0 saturated carbocycles. The van der Waals surface area contributed by atoms with Crippen LogP contribution in [0.1, 0.15) is 47.7 Å². The lowest BCUT2D eigenvalue weighted by molar-refractivity contribution is 0.0954. The molecule has 0 atom stereocenters. The van der Waals surface area contributed by atoms with Gasteiger partial charge in [0.25, 0.3) is 5.91 Å². The largest absolute Gasteiger partial charge is 0.508 e. The van der Waals surface area contributed by atoms with Gasteiger partial charge in [-0.3, -0.25) is 9.69 Å². The SMILES string of the molecule is COc1ccc(C(=O)N/N=C(\C)c2ccc(O)c(CN3CCCCC3)c2)cc1OC. The Kier molecular flexibility index (Phi) is 7.30. The lowest BCUT2D eigenvalue weighted by Crippen LogP contribution is -2.29. The average molecular weight is 412 g/mol. The number of rotatable bonds is 7. The van der Waals surface area contributed by atoms with Gasteiger partial charge in [0.1, 0.15) is 5.75 Å². The van der Waals surface area contributed by atoms with Crippen molar-refractivity contribution >= 4 is 11.6 Å². The van der Waals surface area contributed by atoms with E-state index >= 15 is 0 Å². The zero-order valence-electron chi connectivity index (χ0n) is 17.8. The number of hydrogen-bond donors (Lipinski definition) is 2. The van der Waals surface area contributed by atoms with E-state index in [1.54, 1.807) is 37.4 Å². The van der Waals surface area contributed by atoms with Crippen LogP contribution in [0.15, 0.2) is 41.5 Å². The zero-order chi connectivity index (χ0) is 21.5. The molecule has 0 bridgehead atoms. The lowest BCUT2D eigenvalue weighted by Gasteiger charge is -2.26. The van der Waals surface area contributed by atoms with E-state index in [-0.39, 0.29) is 11.7 Å². The first kappa shape index (κ1) is 21.6. The molecule has 7 nitrogen and oxygen atoms in total. The van der Waals surface area contributed by atoms with Crippen LogP contribution in [0.25, 0.3) is 0 Å². The molecular formula is C23H29N3O4. The van der Waals surface area contributed by atoms with Crippen LogP contribution in [0.2, 0.25) is 0 Å². The maximum Gasteiger partial charge on any atom is 0.271 e. The summed E-state index contributed by atoms with van der Waals surface area (Å²) >= 11 is 0. The second-order valence-electron chi connectivity index (χ2n) is 7.39. The second kappa shape index (κ2) is 10.1. The Morgan fingerprint density at radius 2 is 1.73 bits per heavy atom. The van der Waals surface area contributed by atoms with Gasteiger partial charge in [-0.05, 0) is 74.8 Å². The van der Waals surface area contributed by atoms with Gasteiger partial charge in [0, 0.05) is 17.7 Å². The quantitative estimate of drug-likeness (QED) is 0.538. The number of piperidine rings is 1. The standard InChI is InChI=1S/C23H29N3O4/c1-16(24-25-23(28)18-8-10-21(29-2)22(14-18)30-3)17-7-9-20(27)19(13-17)15-26-11-5-4-6-12-26/h7-10,13-14,27H,4-6,11-12,15H2,1-3H3,(H,25,28)/b24-16+. The van der Waals surface area contributed by atoms with Crippen LogP contribution in [-0.2, 0) is 6.54 Å². The number of nitrogens with zero attached hydrogens (tertiary/aromatic N) is 2. The number of phenolic OH excluding ortho intramolecular Hbond substituents is 1. The van der Waals surface area contributed by atoms with Crippen molar-refractivity contribution in [1.29, 1.82) is 0 Å². The molecule has 2 aromatic rings. The first-order valence-corrected chi connectivity index (χ1v) is 10.1. The monoisotopic (exact) mass is 411 g/mol. The van der Waals surface area contributed by atoms with E-state index in [0.717, 1.165) is 24.2 Å². The molecule has 1 heterocycles. The fraction of sp³-hybridized carbons (Fsp3) is 0.391. The Labute approximate surface area is 177 Å². The number of hydrazone groups is 1. The Balaban J connectivity index is 1.70. The van der Waals surface area contributed by atoms with Gasteiger partial charge in [-0.2, -0.15) is 5.10 Å². The van der Waals surface area contributed by atoms with Crippen LogP contribution < -0.4 is 14.9 Å². The highest BCUT2D eigenvalue weighted by atomic mass is 16.5. The molecule has 1 aliphatic heterocycles. The summed E-state index contributed by atoms with van der Waals surface area (Å²) in [7, 11) is 3.07. The minimum atomic E-state index is -0.345. The summed E-state index contributed by atoms with van der Waals surface area (Å²) in [5.41, 5.74) is 5.38. The van der Waals surface area contributed by atoms with E-state index in [4.69, 9.17) is 9.47 Å². The molecule has 2 aromatic carbocycles. The molecule has 3 rings (SSSR count). The first-order valence-electron chi connectivity index (χ1n) is 10.1. The topological polar surface area (TPSA) is 83.4 Å². The van der Waals surface area contributed by atoms with Crippen LogP contribution >= 0.6 is 0 Å². The molecule has 1 fully saturated rings. The number of nitrogens with one attached hydrogen (secondary N) is 1. The molecule has 0 spiro atoms. The fourth-order valence-electron chi connectivity index (χ4n) is 3.54. The van der Waals surface area contributed by atoms with Crippen LogP contribution in [0, 0.1) is 0 Å². The molecule has 0 unspecified atom stereocenters. The van der Waals surface area contributed by atoms with Crippen molar-refractivity contribution < 1.29 is 19.4 Å². The predicted octanol–water partition coefficient (Wildman–Crippen LogP) is 3.55. The Morgan fingerprint density at radius 1 is 1.03 bits per heavy atom. The summed E-state index contributed by atoms with van der Waals surface area (Å²) in [6.07, 6.45) is 3.67. The van der Waals surface area contributed by atoms with Crippen molar-refractivity contribution in [2.45, 2.75) is 32.7 Å². The van der Waals surface area contributed by atoms with Gasteiger partial charge >= 0.3 is 0 Å². The summed E-state index contributed by atoms with van der Waals surface area (Å²) in [6.45, 7) is 4.65.